The first-order valence-corrected chi connectivity index (χ1v) is 7.24. The molecule has 1 aromatic rings. The summed E-state index contributed by atoms with van der Waals surface area (Å²) < 4.78 is 6.11. The van der Waals surface area contributed by atoms with E-state index in [0.717, 1.165) is 16.2 Å². The molecule has 1 atom stereocenters. The van der Waals surface area contributed by atoms with Crippen molar-refractivity contribution in [1.82, 2.24) is 5.43 Å². The maximum absolute atomic E-state index is 5.72. The molecular weight excluding hydrogens is 280 g/mol. The lowest BCUT2D eigenvalue weighted by molar-refractivity contribution is 0.218. The molecule has 17 heavy (non-hydrogen) atoms. The number of hydrogen-bond donors (Lipinski definition) is 2. The zero-order valence-electron chi connectivity index (χ0n) is 10.3. The van der Waals surface area contributed by atoms with Gasteiger partial charge < -0.3 is 4.42 Å². The number of hydrazine groups is 1. The third kappa shape index (κ3) is 2.92. The van der Waals surface area contributed by atoms with Crippen LogP contribution in [-0.2, 0) is 0 Å². The second-order valence-electron chi connectivity index (χ2n) is 4.98. The standard InChI is InChI=1S/C13H21BrN2O/c1-2-9-3-5-10(6-4-9)12(16-15)11-7-8-17-13(11)14/h7-10,12,16H,2-6,15H2,1H3. The number of halogens is 1. The summed E-state index contributed by atoms with van der Waals surface area (Å²) in [4.78, 5) is 0. The molecule has 1 unspecified atom stereocenters. The molecule has 1 aromatic heterocycles. The van der Waals surface area contributed by atoms with Gasteiger partial charge in [-0.3, -0.25) is 11.3 Å². The van der Waals surface area contributed by atoms with E-state index in [2.05, 4.69) is 28.3 Å². The Morgan fingerprint density at radius 3 is 2.65 bits per heavy atom. The zero-order chi connectivity index (χ0) is 12.3. The molecule has 2 rings (SSSR count). The Morgan fingerprint density at radius 2 is 2.18 bits per heavy atom. The van der Waals surface area contributed by atoms with Gasteiger partial charge in [-0.15, -0.1) is 0 Å². The SMILES string of the molecule is CCC1CCC(C(NN)c2ccoc2Br)CC1. The van der Waals surface area contributed by atoms with Crippen molar-refractivity contribution in [2.45, 2.75) is 45.1 Å². The van der Waals surface area contributed by atoms with E-state index in [9.17, 15) is 0 Å². The van der Waals surface area contributed by atoms with Crippen LogP contribution in [0.4, 0.5) is 0 Å². The summed E-state index contributed by atoms with van der Waals surface area (Å²) in [5, 5.41) is 0. The second-order valence-corrected chi connectivity index (χ2v) is 5.70. The minimum absolute atomic E-state index is 0.209. The van der Waals surface area contributed by atoms with E-state index in [1.807, 2.05) is 6.07 Å². The van der Waals surface area contributed by atoms with Crippen molar-refractivity contribution < 1.29 is 4.42 Å². The molecule has 1 fully saturated rings. The lowest BCUT2D eigenvalue weighted by Crippen LogP contribution is -2.35. The van der Waals surface area contributed by atoms with Crippen LogP contribution >= 0.6 is 15.9 Å². The number of rotatable bonds is 4. The smallest absolute Gasteiger partial charge is 0.173 e. The molecule has 1 aliphatic carbocycles. The van der Waals surface area contributed by atoms with Gasteiger partial charge >= 0.3 is 0 Å². The van der Waals surface area contributed by atoms with Crippen LogP contribution in [0.15, 0.2) is 21.4 Å². The van der Waals surface area contributed by atoms with Crippen LogP contribution < -0.4 is 11.3 Å². The fourth-order valence-corrected chi connectivity index (χ4v) is 3.42. The summed E-state index contributed by atoms with van der Waals surface area (Å²) in [5.74, 6) is 7.25. The average Bonchev–Trinajstić information content (AvgIpc) is 2.78. The van der Waals surface area contributed by atoms with E-state index in [1.165, 1.54) is 32.1 Å². The molecule has 0 aliphatic heterocycles. The molecule has 0 amide bonds. The predicted octanol–water partition coefficient (Wildman–Crippen LogP) is 3.76. The van der Waals surface area contributed by atoms with Crippen molar-refractivity contribution in [2.24, 2.45) is 17.7 Å². The highest BCUT2D eigenvalue weighted by Crippen LogP contribution is 2.39. The first kappa shape index (κ1) is 13.1. The lowest BCUT2D eigenvalue weighted by atomic mass is 9.76. The Labute approximate surface area is 111 Å². The molecule has 3 nitrogen and oxygen atoms in total. The van der Waals surface area contributed by atoms with Gasteiger partial charge in [0.05, 0.1) is 12.3 Å². The molecule has 1 heterocycles. The second kappa shape index (κ2) is 6.03. The summed E-state index contributed by atoms with van der Waals surface area (Å²) >= 11 is 3.44. The van der Waals surface area contributed by atoms with Gasteiger partial charge in [0.1, 0.15) is 0 Å². The Morgan fingerprint density at radius 1 is 1.47 bits per heavy atom. The molecule has 4 heteroatoms. The van der Waals surface area contributed by atoms with E-state index >= 15 is 0 Å². The van der Waals surface area contributed by atoms with E-state index in [1.54, 1.807) is 6.26 Å². The Kier molecular flexibility index (Phi) is 4.65. The van der Waals surface area contributed by atoms with E-state index in [0.29, 0.717) is 5.92 Å². The van der Waals surface area contributed by atoms with Crippen LogP contribution in [0.3, 0.4) is 0 Å². The highest BCUT2D eigenvalue weighted by atomic mass is 79.9. The molecule has 3 N–H and O–H groups in total. The molecule has 0 spiro atoms. The first-order valence-electron chi connectivity index (χ1n) is 6.45. The van der Waals surface area contributed by atoms with Crippen LogP contribution in [0.1, 0.15) is 50.6 Å². The zero-order valence-corrected chi connectivity index (χ0v) is 11.9. The minimum atomic E-state index is 0.209. The van der Waals surface area contributed by atoms with Crippen LogP contribution in [-0.4, -0.2) is 0 Å². The normalized spacial score (nSPS) is 27.0. The summed E-state index contributed by atoms with van der Waals surface area (Å²) in [6.45, 7) is 2.29. The minimum Gasteiger partial charge on any atom is -0.457 e. The van der Waals surface area contributed by atoms with Gasteiger partial charge in [0.25, 0.3) is 0 Å². The fraction of sp³-hybridized carbons (Fsp3) is 0.692. The molecule has 1 saturated carbocycles. The van der Waals surface area contributed by atoms with Crippen molar-refractivity contribution in [3.63, 3.8) is 0 Å². The molecule has 0 radical (unpaired) electrons. The van der Waals surface area contributed by atoms with E-state index in [4.69, 9.17) is 10.3 Å². The molecule has 0 aromatic carbocycles. The first-order chi connectivity index (χ1) is 8.26. The van der Waals surface area contributed by atoms with Crippen LogP contribution in [0, 0.1) is 11.8 Å². The Balaban J connectivity index is 2.03. The Hall–Kier alpha value is -0.320. The fourth-order valence-electron chi connectivity index (χ4n) is 2.94. The number of nitrogens with one attached hydrogen (secondary N) is 1. The molecular formula is C13H21BrN2O. The molecule has 96 valence electrons. The van der Waals surface area contributed by atoms with Gasteiger partial charge in [0, 0.05) is 5.56 Å². The predicted molar refractivity (Wildman–Crippen MR) is 72.2 cm³/mol. The van der Waals surface area contributed by atoms with Crippen molar-refractivity contribution in [1.29, 1.82) is 0 Å². The topological polar surface area (TPSA) is 51.2 Å². The van der Waals surface area contributed by atoms with E-state index < -0.39 is 0 Å². The monoisotopic (exact) mass is 300 g/mol. The van der Waals surface area contributed by atoms with Gasteiger partial charge in [-0.2, -0.15) is 0 Å². The van der Waals surface area contributed by atoms with Crippen LogP contribution in [0.2, 0.25) is 0 Å². The van der Waals surface area contributed by atoms with Gasteiger partial charge in [-0.25, -0.2) is 0 Å². The highest BCUT2D eigenvalue weighted by molar-refractivity contribution is 9.10. The van der Waals surface area contributed by atoms with Crippen molar-refractivity contribution in [2.75, 3.05) is 0 Å². The van der Waals surface area contributed by atoms with Crippen molar-refractivity contribution >= 4 is 15.9 Å². The number of nitrogens with two attached hydrogens (primary N) is 1. The molecule has 1 aliphatic rings. The van der Waals surface area contributed by atoms with E-state index in [-0.39, 0.29) is 6.04 Å². The largest absolute Gasteiger partial charge is 0.457 e. The highest BCUT2D eigenvalue weighted by Gasteiger charge is 2.29. The number of furan rings is 1. The van der Waals surface area contributed by atoms with Crippen molar-refractivity contribution in [3.05, 3.63) is 22.6 Å². The van der Waals surface area contributed by atoms with Crippen molar-refractivity contribution in [3.8, 4) is 0 Å². The van der Waals surface area contributed by atoms with Crippen LogP contribution in [0.5, 0.6) is 0 Å². The van der Waals surface area contributed by atoms with Gasteiger partial charge in [-0.05, 0) is 46.7 Å². The third-order valence-corrected chi connectivity index (χ3v) is 4.75. The summed E-state index contributed by atoms with van der Waals surface area (Å²) in [6, 6.07) is 2.21. The quantitative estimate of drug-likeness (QED) is 0.657. The van der Waals surface area contributed by atoms with Crippen LogP contribution in [0.25, 0.3) is 0 Å². The maximum Gasteiger partial charge on any atom is 0.173 e. The third-order valence-electron chi connectivity index (χ3n) is 4.10. The van der Waals surface area contributed by atoms with Gasteiger partial charge in [0.2, 0.25) is 0 Å². The Bertz CT molecular complexity index is 345. The average molecular weight is 301 g/mol. The van der Waals surface area contributed by atoms with Gasteiger partial charge in [0.15, 0.2) is 4.67 Å². The van der Waals surface area contributed by atoms with Gasteiger partial charge in [-0.1, -0.05) is 26.2 Å². The lowest BCUT2D eigenvalue weighted by Gasteiger charge is -2.33. The molecule has 0 bridgehead atoms. The number of hydrogen-bond acceptors (Lipinski definition) is 3. The summed E-state index contributed by atoms with van der Waals surface area (Å²) in [5.41, 5.74) is 4.10. The molecule has 0 saturated heterocycles. The maximum atomic E-state index is 5.72. The summed E-state index contributed by atoms with van der Waals surface area (Å²) in [6.07, 6.45) is 8.18. The summed E-state index contributed by atoms with van der Waals surface area (Å²) in [7, 11) is 0.